The molecule has 0 aromatic heterocycles. The topological polar surface area (TPSA) is 61.1 Å². The molecular formula is C33H33NO2. The lowest BCUT2D eigenvalue weighted by atomic mass is 9.46. The van der Waals surface area contributed by atoms with E-state index in [1.165, 1.54) is 22.3 Å². The molecule has 3 nitrogen and oxygen atoms in total. The maximum Gasteiger partial charge on any atom is 0.155 e. The molecule has 0 aliphatic heterocycles. The van der Waals surface area contributed by atoms with Gasteiger partial charge in [-0.15, -0.1) is 0 Å². The summed E-state index contributed by atoms with van der Waals surface area (Å²) in [5.74, 6) is 1.05. The Labute approximate surface area is 213 Å². The molecule has 7 rings (SSSR count). The summed E-state index contributed by atoms with van der Waals surface area (Å²) in [6.07, 6.45) is 9.49. The van der Waals surface area contributed by atoms with Gasteiger partial charge in [0.2, 0.25) is 0 Å². The van der Waals surface area contributed by atoms with Crippen LogP contribution in [0.2, 0.25) is 0 Å². The highest BCUT2D eigenvalue weighted by atomic mass is 16.3. The van der Waals surface area contributed by atoms with Gasteiger partial charge in [-0.1, -0.05) is 54.0 Å². The molecule has 182 valence electrons. The first-order valence-corrected chi connectivity index (χ1v) is 13.6. The molecule has 36 heavy (non-hydrogen) atoms. The van der Waals surface area contributed by atoms with Gasteiger partial charge in [0.1, 0.15) is 0 Å². The molecular weight excluding hydrogens is 442 g/mol. The minimum atomic E-state index is -0.651. The zero-order valence-corrected chi connectivity index (χ0v) is 21.2. The molecule has 5 atom stereocenters. The lowest BCUT2D eigenvalue weighted by Crippen LogP contribution is -2.51. The summed E-state index contributed by atoms with van der Waals surface area (Å²) in [6.45, 7) is 4.41. The van der Waals surface area contributed by atoms with Crippen LogP contribution in [0.3, 0.4) is 0 Å². The fraction of sp³-hybridized carbons (Fsp3) is 0.455. The summed E-state index contributed by atoms with van der Waals surface area (Å²) < 4.78 is 0. The van der Waals surface area contributed by atoms with Crippen molar-refractivity contribution in [3.05, 3.63) is 82.0 Å². The third-order valence-corrected chi connectivity index (χ3v) is 10.9. The Kier molecular flexibility index (Phi) is 4.51. The largest absolute Gasteiger partial charge is 0.390 e. The van der Waals surface area contributed by atoms with Crippen LogP contribution in [0.4, 0.5) is 0 Å². The highest BCUT2D eigenvalue weighted by molar-refractivity contribution is 5.92. The van der Waals surface area contributed by atoms with Crippen LogP contribution in [0.15, 0.2) is 65.3 Å². The predicted molar refractivity (Wildman–Crippen MR) is 140 cm³/mol. The van der Waals surface area contributed by atoms with Crippen LogP contribution in [-0.4, -0.2) is 16.5 Å². The second-order valence-electron chi connectivity index (χ2n) is 12.5. The van der Waals surface area contributed by atoms with E-state index in [0.717, 1.165) is 50.5 Å². The van der Waals surface area contributed by atoms with Crippen molar-refractivity contribution in [3.63, 3.8) is 0 Å². The highest BCUT2D eigenvalue weighted by Gasteiger charge is 2.62. The van der Waals surface area contributed by atoms with Crippen molar-refractivity contribution in [2.75, 3.05) is 0 Å². The number of rotatable bonds is 1. The molecule has 1 N–H and O–H groups in total. The number of benzene rings is 2. The molecule has 0 radical (unpaired) electrons. The van der Waals surface area contributed by atoms with E-state index < -0.39 is 5.60 Å². The summed E-state index contributed by atoms with van der Waals surface area (Å²) in [6, 6.07) is 17.0. The number of nitriles is 1. The lowest BCUT2D eigenvalue weighted by molar-refractivity contribution is -0.115. The summed E-state index contributed by atoms with van der Waals surface area (Å²) in [4.78, 5) is 12.5. The minimum absolute atomic E-state index is 0.0295. The van der Waals surface area contributed by atoms with Gasteiger partial charge >= 0.3 is 0 Å². The Morgan fingerprint density at radius 2 is 1.78 bits per heavy atom. The molecule has 5 aliphatic carbocycles. The molecule has 0 heterocycles. The molecule has 2 aromatic carbocycles. The number of fused-ring (bicyclic) bond motifs is 4. The normalized spacial score (nSPS) is 36.3. The smallest absolute Gasteiger partial charge is 0.155 e. The molecule has 5 aliphatic rings. The first-order chi connectivity index (χ1) is 17.3. The van der Waals surface area contributed by atoms with Crippen LogP contribution in [0, 0.1) is 28.1 Å². The Morgan fingerprint density at radius 1 is 1.00 bits per heavy atom. The van der Waals surface area contributed by atoms with Gasteiger partial charge in [0, 0.05) is 23.2 Å². The van der Waals surface area contributed by atoms with Crippen LogP contribution >= 0.6 is 0 Å². The maximum atomic E-state index is 12.5. The second-order valence-corrected chi connectivity index (χ2v) is 12.5. The molecule has 0 amide bonds. The Hall–Kier alpha value is -2.96. The van der Waals surface area contributed by atoms with Crippen molar-refractivity contribution >= 4 is 5.78 Å². The summed E-state index contributed by atoms with van der Waals surface area (Å²) in [5.41, 5.74) is 9.63. The standard InChI is InChI=1S/C33H33NO2/c1-31-18-28-26-9-7-22(21-5-3-20(19-34)4-6-21)15-23(26)17-33-14-11-25(35)16-24(33)8-10-27(30(28)33)29(31)12-13-32(31,2)36/h3-7,9,15-16,28-29,36H,8,10-14,17-18H2,1-2H3/t28?,29-,31-,32-,33+/m0/s1. The van der Waals surface area contributed by atoms with Crippen LogP contribution in [0.1, 0.15) is 81.4 Å². The Morgan fingerprint density at radius 3 is 2.56 bits per heavy atom. The maximum absolute atomic E-state index is 12.5. The van der Waals surface area contributed by atoms with E-state index in [1.54, 1.807) is 11.1 Å². The van der Waals surface area contributed by atoms with E-state index in [-0.39, 0.29) is 16.6 Å². The fourth-order valence-electron chi connectivity index (χ4n) is 8.91. The number of hydrogen-bond acceptors (Lipinski definition) is 3. The van der Waals surface area contributed by atoms with Gasteiger partial charge in [-0.2, -0.15) is 5.26 Å². The first kappa shape index (κ1) is 22.3. The predicted octanol–water partition coefficient (Wildman–Crippen LogP) is 6.80. The van der Waals surface area contributed by atoms with Crippen LogP contribution < -0.4 is 0 Å². The van der Waals surface area contributed by atoms with E-state index in [0.29, 0.717) is 23.8 Å². The van der Waals surface area contributed by atoms with Crippen molar-refractivity contribution < 1.29 is 9.90 Å². The lowest BCUT2D eigenvalue weighted by Gasteiger charge is -2.58. The third-order valence-electron chi connectivity index (χ3n) is 10.9. The van der Waals surface area contributed by atoms with Crippen LogP contribution in [-0.2, 0) is 11.2 Å². The molecule has 3 heteroatoms. The number of hydrogen-bond donors (Lipinski definition) is 1. The molecule has 1 fully saturated rings. The Balaban J connectivity index is 1.43. The van der Waals surface area contributed by atoms with Gasteiger partial charge in [0.15, 0.2) is 5.78 Å². The molecule has 1 spiro atoms. The molecule has 1 saturated carbocycles. The van der Waals surface area contributed by atoms with Gasteiger partial charge < -0.3 is 5.11 Å². The van der Waals surface area contributed by atoms with Gasteiger partial charge in [-0.05, 0) is 98.2 Å². The average molecular weight is 476 g/mol. The SMILES string of the molecule is C[C@]1(O)CC[C@H]2C3=C4C(C[C@@]21C)c1ccc(-c2ccc(C#N)cc2)cc1C[C@@]41CCC(=O)C=C1CC3. The zero-order chi connectivity index (χ0) is 24.9. The van der Waals surface area contributed by atoms with E-state index in [4.69, 9.17) is 0 Å². The number of allylic oxidation sites excluding steroid dienone is 4. The number of ketones is 1. The zero-order valence-electron chi connectivity index (χ0n) is 21.2. The van der Waals surface area contributed by atoms with Gasteiger partial charge in [0.05, 0.1) is 17.2 Å². The van der Waals surface area contributed by atoms with Crippen molar-refractivity contribution in [1.82, 2.24) is 0 Å². The van der Waals surface area contributed by atoms with E-state index in [2.05, 4.69) is 38.1 Å². The van der Waals surface area contributed by atoms with Crippen molar-refractivity contribution in [2.24, 2.45) is 16.7 Å². The molecule has 1 unspecified atom stereocenters. The van der Waals surface area contributed by atoms with E-state index in [9.17, 15) is 15.2 Å². The minimum Gasteiger partial charge on any atom is -0.390 e. The number of nitrogens with zero attached hydrogens (tertiary/aromatic N) is 1. The van der Waals surface area contributed by atoms with Crippen LogP contribution in [0.5, 0.6) is 0 Å². The van der Waals surface area contributed by atoms with Crippen LogP contribution in [0.25, 0.3) is 11.1 Å². The quantitative estimate of drug-likeness (QED) is 0.461. The van der Waals surface area contributed by atoms with Crippen molar-refractivity contribution in [1.29, 1.82) is 5.26 Å². The third kappa shape index (κ3) is 2.80. The molecule has 0 saturated heterocycles. The number of aliphatic hydroxyl groups is 1. The highest BCUT2D eigenvalue weighted by Crippen LogP contribution is 2.70. The molecule has 2 aromatic rings. The van der Waals surface area contributed by atoms with Crippen molar-refractivity contribution in [3.8, 4) is 17.2 Å². The van der Waals surface area contributed by atoms with Crippen molar-refractivity contribution in [2.45, 2.75) is 76.7 Å². The number of carbonyl (C=O) groups excluding carboxylic acids is 1. The first-order valence-electron chi connectivity index (χ1n) is 13.6. The fourth-order valence-corrected chi connectivity index (χ4v) is 8.91. The average Bonchev–Trinajstić information content (AvgIpc) is 3.12. The van der Waals surface area contributed by atoms with Gasteiger partial charge in [-0.25, -0.2) is 0 Å². The van der Waals surface area contributed by atoms with E-state index in [1.807, 2.05) is 30.3 Å². The van der Waals surface area contributed by atoms with E-state index >= 15 is 0 Å². The second kappa shape index (κ2) is 7.30. The summed E-state index contributed by atoms with van der Waals surface area (Å²) in [7, 11) is 0. The monoisotopic (exact) mass is 475 g/mol. The summed E-state index contributed by atoms with van der Waals surface area (Å²) >= 11 is 0. The van der Waals surface area contributed by atoms with Gasteiger partial charge in [0.25, 0.3) is 0 Å². The summed E-state index contributed by atoms with van der Waals surface area (Å²) in [5, 5.41) is 20.8. The number of carbonyl (C=O) groups is 1. The Bertz CT molecular complexity index is 1420. The van der Waals surface area contributed by atoms with Gasteiger partial charge in [-0.3, -0.25) is 4.79 Å². The molecule has 0 bridgehead atoms.